The van der Waals surface area contributed by atoms with Crippen molar-refractivity contribution in [2.24, 2.45) is 0 Å². The zero-order valence-electron chi connectivity index (χ0n) is 11.3. The minimum absolute atomic E-state index is 0.132. The summed E-state index contributed by atoms with van der Waals surface area (Å²) in [6.07, 6.45) is 4.56. The molecule has 1 aliphatic carbocycles. The van der Waals surface area contributed by atoms with Gasteiger partial charge in [0.25, 0.3) is 0 Å². The largest absolute Gasteiger partial charge is 0.387 e. The number of fused-ring (bicyclic) bond motifs is 3. The lowest BCUT2D eigenvalue weighted by atomic mass is 9.88. The quantitative estimate of drug-likeness (QED) is 0.773. The van der Waals surface area contributed by atoms with Gasteiger partial charge in [0.1, 0.15) is 5.65 Å². The third kappa shape index (κ3) is 1.74. The van der Waals surface area contributed by atoms with Crippen LogP contribution in [0.1, 0.15) is 56.7 Å². The highest BCUT2D eigenvalue weighted by atomic mass is 16.3. The highest BCUT2D eigenvalue weighted by molar-refractivity contribution is 5.48. The van der Waals surface area contributed by atoms with Gasteiger partial charge in [-0.15, -0.1) is 0 Å². The van der Waals surface area contributed by atoms with Crippen LogP contribution >= 0.6 is 0 Å². The maximum atomic E-state index is 10.1. The topological polar surface area (TPSA) is 37.5 Å². The van der Waals surface area contributed by atoms with E-state index in [1.165, 1.54) is 5.56 Å². The summed E-state index contributed by atoms with van der Waals surface area (Å²) < 4.78 is 2.05. The first kappa shape index (κ1) is 11.7. The van der Waals surface area contributed by atoms with Crippen molar-refractivity contribution in [1.29, 1.82) is 0 Å². The third-order valence-corrected chi connectivity index (χ3v) is 3.81. The van der Waals surface area contributed by atoms with Crippen molar-refractivity contribution >= 4 is 5.65 Å². The predicted octanol–water partition coefficient (Wildman–Crippen LogP) is 3.00. The molecule has 0 saturated carbocycles. The van der Waals surface area contributed by atoms with Gasteiger partial charge in [-0.05, 0) is 42.4 Å². The Hall–Kier alpha value is -1.35. The Labute approximate surface area is 107 Å². The Balaban J connectivity index is 2.20. The van der Waals surface area contributed by atoms with Crippen molar-refractivity contribution in [3.8, 4) is 0 Å². The van der Waals surface area contributed by atoms with Gasteiger partial charge < -0.3 is 9.51 Å². The Morgan fingerprint density at radius 1 is 1.39 bits per heavy atom. The summed E-state index contributed by atoms with van der Waals surface area (Å²) >= 11 is 0. The number of aliphatic hydroxyl groups is 1. The Kier molecular flexibility index (Phi) is 2.49. The van der Waals surface area contributed by atoms with Crippen LogP contribution in [0.5, 0.6) is 0 Å². The van der Waals surface area contributed by atoms with Gasteiger partial charge in [-0.2, -0.15) is 0 Å². The van der Waals surface area contributed by atoms with Gasteiger partial charge in [0.05, 0.1) is 17.5 Å². The Morgan fingerprint density at radius 2 is 2.17 bits per heavy atom. The molecule has 1 unspecified atom stereocenters. The second-order valence-electron chi connectivity index (χ2n) is 6.25. The van der Waals surface area contributed by atoms with Gasteiger partial charge in [0, 0.05) is 6.20 Å². The molecule has 1 N–H and O–H groups in total. The normalized spacial score (nSPS) is 20.1. The van der Waals surface area contributed by atoms with E-state index in [9.17, 15) is 5.11 Å². The first-order valence-electron chi connectivity index (χ1n) is 6.66. The molecule has 0 bridgehead atoms. The average Bonchev–Trinajstić information content (AvgIpc) is 2.66. The number of aryl methyl sites for hydroxylation is 1. The molecule has 3 rings (SSSR count). The fourth-order valence-electron chi connectivity index (χ4n) is 2.72. The molecule has 2 aromatic rings. The Bertz CT molecular complexity index is 592. The summed E-state index contributed by atoms with van der Waals surface area (Å²) in [7, 11) is 0. The van der Waals surface area contributed by atoms with E-state index in [1.54, 1.807) is 0 Å². The molecule has 1 aliphatic rings. The van der Waals surface area contributed by atoms with E-state index in [1.807, 2.05) is 0 Å². The first-order chi connectivity index (χ1) is 8.47. The molecule has 0 saturated heterocycles. The minimum Gasteiger partial charge on any atom is -0.387 e. The standard InChI is InChI=1S/C15H20N2O/c1-15(2,3)10-7-8-17-13(9-10)16-11-5-4-6-12(18)14(11)17/h7-9,12,18H,4-6H2,1-3H3. The molecule has 0 fully saturated rings. The van der Waals surface area contributed by atoms with Crippen LogP contribution in [0.4, 0.5) is 0 Å². The van der Waals surface area contributed by atoms with Gasteiger partial charge in [0.2, 0.25) is 0 Å². The van der Waals surface area contributed by atoms with Crippen molar-refractivity contribution in [3.05, 3.63) is 35.3 Å². The number of rotatable bonds is 0. The second-order valence-corrected chi connectivity index (χ2v) is 6.25. The highest BCUT2D eigenvalue weighted by Crippen LogP contribution is 2.31. The lowest BCUT2D eigenvalue weighted by molar-refractivity contribution is 0.150. The maximum Gasteiger partial charge on any atom is 0.137 e. The van der Waals surface area contributed by atoms with Crippen LogP contribution < -0.4 is 0 Å². The molecule has 0 amide bonds. The summed E-state index contributed by atoms with van der Waals surface area (Å²) in [6, 6.07) is 4.28. The van der Waals surface area contributed by atoms with E-state index < -0.39 is 0 Å². The highest BCUT2D eigenvalue weighted by Gasteiger charge is 2.24. The summed E-state index contributed by atoms with van der Waals surface area (Å²) in [5.41, 5.74) is 4.45. The minimum atomic E-state index is -0.357. The van der Waals surface area contributed by atoms with Crippen molar-refractivity contribution < 1.29 is 5.11 Å². The summed E-state index contributed by atoms with van der Waals surface area (Å²) in [5, 5.41) is 10.1. The van der Waals surface area contributed by atoms with Crippen LogP contribution in [0.15, 0.2) is 18.3 Å². The number of nitrogens with zero attached hydrogens (tertiary/aromatic N) is 2. The molecule has 0 aromatic carbocycles. The van der Waals surface area contributed by atoms with E-state index in [2.05, 4.69) is 48.5 Å². The van der Waals surface area contributed by atoms with Gasteiger partial charge in [-0.25, -0.2) is 4.98 Å². The van der Waals surface area contributed by atoms with E-state index in [4.69, 9.17) is 0 Å². The fourth-order valence-corrected chi connectivity index (χ4v) is 2.72. The smallest absolute Gasteiger partial charge is 0.137 e. The van der Waals surface area contributed by atoms with E-state index in [0.717, 1.165) is 36.3 Å². The molecule has 0 aliphatic heterocycles. The molecular formula is C15H20N2O. The fraction of sp³-hybridized carbons (Fsp3) is 0.533. The average molecular weight is 244 g/mol. The van der Waals surface area contributed by atoms with Gasteiger partial charge in [-0.1, -0.05) is 20.8 Å². The van der Waals surface area contributed by atoms with Crippen LogP contribution in [-0.4, -0.2) is 14.5 Å². The molecule has 96 valence electrons. The number of aromatic nitrogens is 2. The molecule has 3 nitrogen and oxygen atoms in total. The maximum absolute atomic E-state index is 10.1. The number of hydrogen-bond donors (Lipinski definition) is 1. The van der Waals surface area contributed by atoms with Gasteiger partial charge in [-0.3, -0.25) is 0 Å². The molecule has 2 heterocycles. The zero-order chi connectivity index (χ0) is 12.9. The van der Waals surface area contributed by atoms with Crippen LogP contribution in [-0.2, 0) is 11.8 Å². The van der Waals surface area contributed by atoms with Gasteiger partial charge >= 0.3 is 0 Å². The molecule has 0 spiro atoms. The Morgan fingerprint density at radius 3 is 2.89 bits per heavy atom. The van der Waals surface area contributed by atoms with Crippen molar-refractivity contribution in [3.63, 3.8) is 0 Å². The zero-order valence-corrected chi connectivity index (χ0v) is 11.3. The SMILES string of the molecule is CC(C)(C)c1ccn2c3c(nc2c1)CCCC3O. The summed E-state index contributed by atoms with van der Waals surface area (Å²) in [6.45, 7) is 6.61. The molecule has 1 atom stereocenters. The molecular weight excluding hydrogens is 224 g/mol. The van der Waals surface area contributed by atoms with Crippen LogP contribution in [0.2, 0.25) is 0 Å². The monoisotopic (exact) mass is 244 g/mol. The molecule has 2 aromatic heterocycles. The van der Waals surface area contributed by atoms with Crippen LogP contribution in [0, 0.1) is 0 Å². The van der Waals surface area contributed by atoms with Crippen molar-refractivity contribution in [1.82, 2.24) is 9.38 Å². The lowest BCUT2D eigenvalue weighted by Crippen LogP contribution is -2.12. The predicted molar refractivity (Wildman–Crippen MR) is 71.8 cm³/mol. The number of pyridine rings is 1. The third-order valence-electron chi connectivity index (χ3n) is 3.81. The number of imidazole rings is 1. The van der Waals surface area contributed by atoms with Crippen LogP contribution in [0.25, 0.3) is 5.65 Å². The molecule has 3 heteroatoms. The van der Waals surface area contributed by atoms with E-state index in [0.29, 0.717) is 0 Å². The first-order valence-corrected chi connectivity index (χ1v) is 6.66. The summed E-state index contributed by atoms with van der Waals surface area (Å²) in [4.78, 5) is 4.68. The van der Waals surface area contributed by atoms with Crippen molar-refractivity contribution in [2.45, 2.75) is 51.6 Å². The lowest BCUT2D eigenvalue weighted by Gasteiger charge is -2.20. The van der Waals surface area contributed by atoms with Gasteiger partial charge in [0.15, 0.2) is 0 Å². The number of aliphatic hydroxyl groups excluding tert-OH is 1. The van der Waals surface area contributed by atoms with E-state index in [-0.39, 0.29) is 11.5 Å². The summed E-state index contributed by atoms with van der Waals surface area (Å²) in [5.74, 6) is 0. The van der Waals surface area contributed by atoms with Crippen LogP contribution in [0.3, 0.4) is 0 Å². The molecule has 0 radical (unpaired) electrons. The number of hydrogen-bond acceptors (Lipinski definition) is 2. The van der Waals surface area contributed by atoms with E-state index >= 15 is 0 Å². The van der Waals surface area contributed by atoms with Crippen molar-refractivity contribution in [2.75, 3.05) is 0 Å². The second kappa shape index (κ2) is 3.82. The molecule has 18 heavy (non-hydrogen) atoms.